The highest BCUT2D eigenvalue weighted by Crippen LogP contribution is 2.25. The van der Waals surface area contributed by atoms with E-state index in [9.17, 15) is 4.79 Å². The number of aromatic nitrogens is 2. The Morgan fingerprint density at radius 2 is 2.33 bits per heavy atom. The van der Waals surface area contributed by atoms with E-state index < -0.39 is 12.0 Å². The van der Waals surface area contributed by atoms with Gasteiger partial charge in [0.25, 0.3) is 0 Å². The highest BCUT2D eigenvalue weighted by molar-refractivity contribution is 9.10. The second-order valence-corrected chi connectivity index (χ2v) is 5.51. The van der Waals surface area contributed by atoms with Gasteiger partial charge in [-0.05, 0) is 35.2 Å². The van der Waals surface area contributed by atoms with E-state index in [2.05, 4.69) is 33.3 Å². The van der Waals surface area contributed by atoms with Crippen molar-refractivity contribution in [3.8, 4) is 0 Å². The van der Waals surface area contributed by atoms with E-state index in [1.165, 1.54) is 0 Å². The van der Waals surface area contributed by atoms with Gasteiger partial charge in [0.2, 0.25) is 0 Å². The standard InChI is InChI=1S/C12H18BrN3O2/c1-3-8-11(13)10(16(2)15-8)6-7-4-5-9(14-7)12(17)18/h7,9,14H,3-6H2,1-2H3,(H,17,18). The highest BCUT2D eigenvalue weighted by atomic mass is 79.9. The van der Waals surface area contributed by atoms with E-state index in [1.807, 2.05) is 11.7 Å². The molecule has 100 valence electrons. The first kappa shape index (κ1) is 13.5. The number of hydrogen-bond acceptors (Lipinski definition) is 3. The Balaban J connectivity index is 2.07. The minimum Gasteiger partial charge on any atom is -0.480 e. The summed E-state index contributed by atoms with van der Waals surface area (Å²) in [7, 11) is 1.93. The van der Waals surface area contributed by atoms with Crippen molar-refractivity contribution in [1.82, 2.24) is 15.1 Å². The van der Waals surface area contributed by atoms with Crippen LogP contribution in [0.3, 0.4) is 0 Å². The fourth-order valence-corrected chi connectivity index (χ4v) is 3.23. The number of rotatable bonds is 4. The van der Waals surface area contributed by atoms with E-state index in [1.54, 1.807) is 0 Å². The normalized spacial score (nSPS) is 23.5. The number of nitrogens with zero attached hydrogens (tertiary/aromatic N) is 2. The molecule has 0 amide bonds. The molecule has 0 bridgehead atoms. The van der Waals surface area contributed by atoms with Crippen LogP contribution in [-0.2, 0) is 24.7 Å². The topological polar surface area (TPSA) is 67.2 Å². The summed E-state index contributed by atoms with van der Waals surface area (Å²) >= 11 is 3.59. The van der Waals surface area contributed by atoms with Gasteiger partial charge in [0.05, 0.1) is 15.9 Å². The molecule has 1 aliphatic rings. The predicted octanol–water partition coefficient (Wildman–Crippen LogP) is 1.49. The SMILES string of the molecule is CCc1nn(C)c(CC2CCC(C(=O)O)N2)c1Br. The van der Waals surface area contributed by atoms with Gasteiger partial charge in [-0.25, -0.2) is 0 Å². The molecule has 1 aromatic rings. The lowest BCUT2D eigenvalue weighted by Crippen LogP contribution is -2.36. The minimum atomic E-state index is -0.754. The Labute approximate surface area is 115 Å². The number of carboxylic acid groups (broad SMARTS) is 1. The summed E-state index contributed by atoms with van der Waals surface area (Å²) in [5.41, 5.74) is 2.19. The van der Waals surface area contributed by atoms with Crippen LogP contribution in [0.1, 0.15) is 31.2 Å². The maximum absolute atomic E-state index is 10.9. The van der Waals surface area contributed by atoms with Gasteiger partial charge < -0.3 is 10.4 Å². The van der Waals surface area contributed by atoms with Crippen molar-refractivity contribution < 1.29 is 9.90 Å². The van der Waals surface area contributed by atoms with Crippen molar-refractivity contribution >= 4 is 21.9 Å². The second-order valence-electron chi connectivity index (χ2n) is 4.72. The number of halogens is 1. The summed E-state index contributed by atoms with van der Waals surface area (Å²) in [6, 6.07) is -0.171. The molecule has 0 spiro atoms. The number of aryl methyl sites for hydroxylation is 2. The lowest BCUT2D eigenvalue weighted by atomic mass is 10.1. The van der Waals surface area contributed by atoms with Gasteiger partial charge in [0.1, 0.15) is 6.04 Å². The van der Waals surface area contributed by atoms with Crippen molar-refractivity contribution in [2.45, 2.75) is 44.7 Å². The largest absolute Gasteiger partial charge is 0.480 e. The van der Waals surface area contributed by atoms with Crippen LogP contribution in [0, 0.1) is 0 Å². The molecule has 2 heterocycles. The molecular formula is C12H18BrN3O2. The maximum atomic E-state index is 10.9. The van der Waals surface area contributed by atoms with Crippen LogP contribution < -0.4 is 5.32 Å². The zero-order valence-electron chi connectivity index (χ0n) is 10.6. The summed E-state index contributed by atoms with van der Waals surface area (Å²) < 4.78 is 2.95. The Hall–Kier alpha value is -0.880. The maximum Gasteiger partial charge on any atom is 0.320 e. The van der Waals surface area contributed by atoms with E-state index >= 15 is 0 Å². The van der Waals surface area contributed by atoms with Gasteiger partial charge in [0, 0.05) is 19.5 Å². The van der Waals surface area contributed by atoms with Gasteiger partial charge >= 0.3 is 5.97 Å². The molecule has 1 fully saturated rings. The van der Waals surface area contributed by atoms with Crippen LogP contribution in [0.25, 0.3) is 0 Å². The first-order chi connectivity index (χ1) is 8.52. The molecular weight excluding hydrogens is 298 g/mol. The van der Waals surface area contributed by atoms with E-state index in [4.69, 9.17) is 5.11 Å². The summed E-state index contributed by atoms with van der Waals surface area (Å²) in [5, 5.41) is 16.6. The van der Waals surface area contributed by atoms with Crippen molar-refractivity contribution in [2.24, 2.45) is 7.05 Å². The Kier molecular flexibility index (Phi) is 4.07. The number of aliphatic carboxylic acids is 1. The lowest BCUT2D eigenvalue weighted by molar-refractivity contribution is -0.139. The smallest absolute Gasteiger partial charge is 0.320 e. The van der Waals surface area contributed by atoms with Crippen molar-refractivity contribution in [3.63, 3.8) is 0 Å². The molecule has 0 saturated carbocycles. The number of nitrogens with one attached hydrogen (secondary N) is 1. The molecule has 1 aromatic heterocycles. The molecule has 5 nitrogen and oxygen atoms in total. The monoisotopic (exact) mass is 315 g/mol. The summed E-state index contributed by atoms with van der Waals surface area (Å²) in [5.74, 6) is -0.754. The van der Waals surface area contributed by atoms with Crippen LogP contribution in [0.15, 0.2) is 4.47 Å². The van der Waals surface area contributed by atoms with Gasteiger partial charge in [-0.3, -0.25) is 9.48 Å². The van der Waals surface area contributed by atoms with Gasteiger partial charge in [-0.2, -0.15) is 5.10 Å². The summed E-state index contributed by atoms with van der Waals surface area (Å²) in [6.07, 6.45) is 3.31. The van der Waals surface area contributed by atoms with E-state index in [0.29, 0.717) is 6.42 Å². The summed E-state index contributed by atoms with van der Waals surface area (Å²) in [4.78, 5) is 10.9. The van der Waals surface area contributed by atoms with E-state index in [0.717, 1.165) is 35.1 Å². The fraction of sp³-hybridized carbons (Fsp3) is 0.667. The molecule has 0 aliphatic carbocycles. The minimum absolute atomic E-state index is 0.225. The van der Waals surface area contributed by atoms with Crippen LogP contribution in [-0.4, -0.2) is 32.9 Å². The molecule has 1 aliphatic heterocycles. The van der Waals surface area contributed by atoms with Gasteiger partial charge in [0.15, 0.2) is 0 Å². The molecule has 2 N–H and O–H groups in total. The van der Waals surface area contributed by atoms with Crippen molar-refractivity contribution in [1.29, 1.82) is 0 Å². The van der Waals surface area contributed by atoms with Crippen LogP contribution >= 0.6 is 15.9 Å². The third kappa shape index (κ3) is 2.59. The average molecular weight is 316 g/mol. The second kappa shape index (κ2) is 5.40. The Bertz CT molecular complexity index is 458. The number of carbonyl (C=O) groups is 1. The number of hydrogen-bond donors (Lipinski definition) is 2. The number of carboxylic acids is 1. The van der Waals surface area contributed by atoms with Gasteiger partial charge in [-0.15, -0.1) is 0 Å². The van der Waals surface area contributed by atoms with Crippen LogP contribution in [0.2, 0.25) is 0 Å². The lowest BCUT2D eigenvalue weighted by Gasteiger charge is -2.12. The third-order valence-electron chi connectivity index (χ3n) is 3.48. The zero-order valence-corrected chi connectivity index (χ0v) is 12.2. The molecule has 6 heteroatoms. The first-order valence-corrected chi connectivity index (χ1v) is 7.01. The van der Waals surface area contributed by atoms with Crippen LogP contribution in [0.5, 0.6) is 0 Å². The predicted molar refractivity (Wildman–Crippen MR) is 71.6 cm³/mol. The quantitative estimate of drug-likeness (QED) is 0.883. The van der Waals surface area contributed by atoms with E-state index in [-0.39, 0.29) is 6.04 Å². The first-order valence-electron chi connectivity index (χ1n) is 6.22. The molecule has 0 radical (unpaired) electrons. The van der Waals surface area contributed by atoms with Crippen LogP contribution in [0.4, 0.5) is 0 Å². The molecule has 18 heavy (non-hydrogen) atoms. The molecule has 0 aromatic carbocycles. The third-order valence-corrected chi connectivity index (χ3v) is 4.40. The zero-order chi connectivity index (χ0) is 13.3. The Morgan fingerprint density at radius 1 is 1.61 bits per heavy atom. The average Bonchev–Trinajstić information content (AvgIpc) is 2.89. The van der Waals surface area contributed by atoms with Crippen molar-refractivity contribution in [2.75, 3.05) is 0 Å². The van der Waals surface area contributed by atoms with Crippen molar-refractivity contribution in [3.05, 3.63) is 15.9 Å². The highest BCUT2D eigenvalue weighted by Gasteiger charge is 2.30. The molecule has 2 rings (SSSR count). The molecule has 2 unspecified atom stereocenters. The summed E-state index contributed by atoms with van der Waals surface area (Å²) in [6.45, 7) is 2.07. The molecule has 1 saturated heterocycles. The fourth-order valence-electron chi connectivity index (χ4n) is 2.45. The molecule has 2 atom stereocenters. The van der Waals surface area contributed by atoms with Gasteiger partial charge in [-0.1, -0.05) is 6.92 Å². The Morgan fingerprint density at radius 3 is 2.83 bits per heavy atom.